The van der Waals surface area contributed by atoms with Crippen molar-refractivity contribution in [3.8, 4) is 6.07 Å². The van der Waals surface area contributed by atoms with Gasteiger partial charge in [-0.3, -0.25) is 0 Å². The summed E-state index contributed by atoms with van der Waals surface area (Å²) in [6.45, 7) is 5.40. The number of ether oxygens (including phenoxy) is 1. The molecule has 7 nitrogen and oxygen atoms in total. The molecule has 3 aromatic rings. The van der Waals surface area contributed by atoms with Gasteiger partial charge in [-0.05, 0) is 31.4 Å². The van der Waals surface area contributed by atoms with Gasteiger partial charge in [0.1, 0.15) is 32.9 Å². The fraction of sp³-hybridized carbons (Fsp3) is 0.333. The Morgan fingerprint density at radius 2 is 2.26 bits per heavy atom. The Morgan fingerprint density at radius 1 is 1.44 bits per heavy atom. The number of esters is 1. The second-order valence-electron chi connectivity index (χ2n) is 6.18. The van der Waals surface area contributed by atoms with Crippen LogP contribution < -0.4 is 10.6 Å². The lowest BCUT2D eigenvalue weighted by Crippen LogP contribution is -2.30. The number of nitrogens with two attached hydrogens (primary N) is 1. The molecule has 138 valence electrons. The number of aryl methyl sites for hydroxylation is 1. The molecule has 0 unspecified atom stereocenters. The maximum absolute atomic E-state index is 12.2. The van der Waals surface area contributed by atoms with Crippen LogP contribution >= 0.6 is 22.7 Å². The van der Waals surface area contributed by atoms with E-state index in [2.05, 4.69) is 20.9 Å². The number of rotatable bonds is 3. The standard InChI is InChI=1S/C18H17N5O2S2/c1-3-25-18(24)14-9(2)13-16(21-8-22-17(13)27-14)23-5-4-10-11(6-19)15(20)26-12(10)7-23/h8H,3-5,7,20H2,1-2H3. The first-order chi connectivity index (χ1) is 13.0. The van der Waals surface area contributed by atoms with Gasteiger partial charge < -0.3 is 15.4 Å². The van der Waals surface area contributed by atoms with E-state index >= 15 is 0 Å². The van der Waals surface area contributed by atoms with Gasteiger partial charge in [0.15, 0.2) is 0 Å². The highest BCUT2D eigenvalue weighted by molar-refractivity contribution is 7.20. The predicted molar refractivity (Wildman–Crippen MR) is 106 cm³/mol. The lowest BCUT2D eigenvalue weighted by Gasteiger charge is -2.28. The first-order valence-corrected chi connectivity index (χ1v) is 10.1. The normalized spacial score (nSPS) is 13.4. The number of hydrogen-bond donors (Lipinski definition) is 1. The summed E-state index contributed by atoms with van der Waals surface area (Å²) in [6.07, 6.45) is 2.27. The molecule has 0 aromatic carbocycles. The average Bonchev–Trinajstić information content (AvgIpc) is 3.17. The molecule has 27 heavy (non-hydrogen) atoms. The van der Waals surface area contributed by atoms with Crippen molar-refractivity contribution in [1.29, 1.82) is 5.26 Å². The molecule has 0 aliphatic carbocycles. The van der Waals surface area contributed by atoms with Gasteiger partial charge in [0.2, 0.25) is 0 Å². The molecular formula is C18H17N5O2S2. The molecule has 4 rings (SSSR count). The van der Waals surface area contributed by atoms with Crippen LogP contribution in [0.3, 0.4) is 0 Å². The van der Waals surface area contributed by atoms with Crippen LogP contribution in [0.2, 0.25) is 0 Å². The average molecular weight is 400 g/mol. The Kier molecular flexibility index (Phi) is 4.45. The molecule has 0 radical (unpaired) electrons. The fourth-order valence-electron chi connectivity index (χ4n) is 3.41. The van der Waals surface area contributed by atoms with Gasteiger partial charge in [0, 0.05) is 11.4 Å². The SMILES string of the molecule is CCOC(=O)c1sc2ncnc(N3CCc4c(sc(N)c4C#N)C3)c2c1C. The molecule has 0 bridgehead atoms. The molecule has 1 aliphatic heterocycles. The Hall–Kier alpha value is -2.70. The van der Waals surface area contributed by atoms with Crippen LogP contribution in [-0.2, 0) is 17.7 Å². The summed E-state index contributed by atoms with van der Waals surface area (Å²) in [6, 6.07) is 2.22. The summed E-state index contributed by atoms with van der Waals surface area (Å²) in [7, 11) is 0. The first-order valence-electron chi connectivity index (χ1n) is 8.51. The topological polar surface area (TPSA) is 105 Å². The zero-order valence-electron chi connectivity index (χ0n) is 14.9. The lowest BCUT2D eigenvalue weighted by molar-refractivity contribution is 0.0531. The summed E-state index contributed by atoms with van der Waals surface area (Å²) < 4.78 is 5.17. The van der Waals surface area contributed by atoms with Crippen molar-refractivity contribution < 1.29 is 9.53 Å². The Bertz CT molecular complexity index is 1100. The minimum Gasteiger partial charge on any atom is -0.462 e. The number of carbonyl (C=O) groups is 1. The summed E-state index contributed by atoms with van der Waals surface area (Å²) in [5, 5.41) is 10.8. The Morgan fingerprint density at radius 3 is 3.00 bits per heavy atom. The number of anilines is 2. The molecule has 0 spiro atoms. The zero-order valence-corrected chi connectivity index (χ0v) is 16.5. The van der Waals surface area contributed by atoms with Crippen LogP contribution in [-0.4, -0.2) is 29.1 Å². The van der Waals surface area contributed by atoms with E-state index in [0.29, 0.717) is 28.6 Å². The van der Waals surface area contributed by atoms with E-state index in [4.69, 9.17) is 10.5 Å². The highest BCUT2D eigenvalue weighted by Gasteiger charge is 2.27. The van der Waals surface area contributed by atoms with E-state index in [-0.39, 0.29) is 5.97 Å². The van der Waals surface area contributed by atoms with Crippen LogP contribution in [0, 0.1) is 18.3 Å². The van der Waals surface area contributed by atoms with Crippen molar-refractivity contribution in [3.63, 3.8) is 0 Å². The molecule has 0 atom stereocenters. The van der Waals surface area contributed by atoms with Crippen LogP contribution in [0.1, 0.15) is 38.2 Å². The number of nitriles is 1. The second-order valence-corrected chi connectivity index (χ2v) is 8.32. The largest absolute Gasteiger partial charge is 0.462 e. The Labute approximate surface area is 164 Å². The van der Waals surface area contributed by atoms with Crippen molar-refractivity contribution in [2.45, 2.75) is 26.8 Å². The molecule has 0 saturated carbocycles. The second kappa shape index (κ2) is 6.79. The lowest BCUT2D eigenvalue weighted by atomic mass is 10.0. The molecule has 2 N–H and O–H groups in total. The van der Waals surface area contributed by atoms with Gasteiger partial charge in [-0.15, -0.1) is 22.7 Å². The van der Waals surface area contributed by atoms with E-state index in [1.807, 2.05) is 6.92 Å². The van der Waals surface area contributed by atoms with E-state index in [0.717, 1.165) is 45.0 Å². The number of thiophene rings is 2. The van der Waals surface area contributed by atoms with Crippen molar-refractivity contribution in [3.05, 3.63) is 32.8 Å². The van der Waals surface area contributed by atoms with Gasteiger partial charge in [0.05, 0.1) is 24.1 Å². The monoisotopic (exact) mass is 399 g/mol. The summed E-state index contributed by atoms with van der Waals surface area (Å²) >= 11 is 2.80. The van der Waals surface area contributed by atoms with Gasteiger partial charge in [-0.2, -0.15) is 5.26 Å². The van der Waals surface area contributed by atoms with Crippen molar-refractivity contribution in [2.24, 2.45) is 0 Å². The smallest absolute Gasteiger partial charge is 0.348 e. The number of nitrogen functional groups attached to an aromatic ring is 1. The third-order valence-corrected chi connectivity index (χ3v) is 6.89. The fourth-order valence-corrected chi connectivity index (χ4v) is 5.53. The number of hydrogen-bond acceptors (Lipinski definition) is 9. The highest BCUT2D eigenvalue weighted by atomic mass is 32.1. The summed E-state index contributed by atoms with van der Waals surface area (Å²) in [5.74, 6) is 0.481. The molecule has 0 saturated heterocycles. The third kappa shape index (κ3) is 2.81. The molecule has 3 aromatic heterocycles. The van der Waals surface area contributed by atoms with Crippen LogP contribution in [0.25, 0.3) is 10.2 Å². The van der Waals surface area contributed by atoms with E-state index < -0.39 is 0 Å². The van der Waals surface area contributed by atoms with Crippen molar-refractivity contribution in [2.75, 3.05) is 23.8 Å². The van der Waals surface area contributed by atoms with Gasteiger partial charge in [0.25, 0.3) is 0 Å². The van der Waals surface area contributed by atoms with Crippen molar-refractivity contribution in [1.82, 2.24) is 9.97 Å². The molecule has 9 heteroatoms. The van der Waals surface area contributed by atoms with E-state index in [9.17, 15) is 10.1 Å². The molecule has 4 heterocycles. The van der Waals surface area contributed by atoms with Gasteiger partial charge in [-0.1, -0.05) is 0 Å². The maximum Gasteiger partial charge on any atom is 0.348 e. The quantitative estimate of drug-likeness (QED) is 0.674. The zero-order chi connectivity index (χ0) is 19.1. The molecular weight excluding hydrogens is 382 g/mol. The number of carbonyl (C=O) groups excluding carboxylic acids is 1. The van der Waals surface area contributed by atoms with Crippen LogP contribution in [0.4, 0.5) is 10.8 Å². The first kappa shape index (κ1) is 17.7. The van der Waals surface area contributed by atoms with Gasteiger partial charge >= 0.3 is 5.97 Å². The number of aromatic nitrogens is 2. The van der Waals surface area contributed by atoms with E-state index in [1.165, 1.54) is 29.0 Å². The minimum atomic E-state index is -0.324. The summed E-state index contributed by atoms with van der Waals surface area (Å²) in [4.78, 5) is 25.7. The summed E-state index contributed by atoms with van der Waals surface area (Å²) in [5.41, 5.74) is 8.50. The molecule has 1 aliphatic rings. The molecule has 0 fully saturated rings. The Balaban J connectivity index is 1.76. The third-order valence-electron chi connectivity index (χ3n) is 4.66. The number of fused-ring (bicyclic) bond motifs is 2. The molecule has 0 amide bonds. The maximum atomic E-state index is 12.2. The van der Waals surface area contributed by atoms with Crippen LogP contribution in [0.5, 0.6) is 0 Å². The predicted octanol–water partition coefficient (Wildman–Crippen LogP) is 3.25. The highest BCUT2D eigenvalue weighted by Crippen LogP contribution is 2.39. The van der Waals surface area contributed by atoms with Crippen LogP contribution in [0.15, 0.2) is 6.33 Å². The minimum absolute atomic E-state index is 0.324. The van der Waals surface area contributed by atoms with Gasteiger partial charge in [-0.25, -0.2) is 14.8 Å². The van der Waals surface area contributed by atoms with E-state index in [1.54, 1.807) is 6.92 Å². The number of nitrogens with zero attached hydrogens (tertiary/aromatic N) is 4. The van der Waals surface area contributed by atoms with Crippen molar-refractivity contribution >= 4 is 49.7 Å².